The van der Waals surface area contributed by atoms with Crippen molar-refractivity contribution in [3.8, 4) is 11.1 Å². The van der Waals surface area contributed by atoms with E-state index in [0.717, 1.165) is 37.8 Å². The summed E-state index contributed by atoms with van der Waals surface area (Å²) in [5.74, 6) is 0.227. The summed E-state index contributed by atoms with van der Waals surface area (Å²) >= 11 is 1.50. The van der Waals surface area contributed by atoms with Gasteiger partial charge in [-0.05, 0) is 29.1 Å². The third-order valence-electron chi connectivity index (χ3n) is 5.31. The molecule has 5 rings (SSSR count). The van der Waals surface area contributed by atoms with Crippen LogP contribution in [0.25, 0.3) is 32.1 Å². The molecule has 0 spiro atoms. The van der Waals surface area contributed by atoms with E-state index < -0.39 is 0 Å². The van der Waals surface area contributed by atoms with E-state index in [1.165, 1.54) is 29.8 Å². The van der Waals surface area contributed by atoms with Crippen molar-refractivity contribution in [2.24, 2.45) is 0 Å². The van der Waals surface area contributed by atoms with Gasteiger partial charge in [-0.1, -0.05) is 48.5 Å². The summed E-state index contributed by atoms with van der Waals surface area (Å²) in [5, 5.41) is 7.92. The van der Waals surface area contributed by atoms with Crippen molar-refractivity contribution in [2.75, 3.05) is 23.8 Å². The molecular weight excluding hydrogens is 423 g/mol. The Morgan fingerprint density at radius 1 is 1.03 bits per heavy atom. The number of thiophene rings is 1. The topological polar surface area (TPSA) is 58.1 Å². The van der Waals surface area contributed by atoms with Crippen molar-refractivity contribution >= 4 is 49.7 Å². The first-order chi connectivity index (χ1) is 15.6. The summed E-state index contributed by atoms with van der Waals surface area (Å²) in [5.41, 5.74) is 2.57. The van der Waals surface area contributed by atoms with E-state index >= 15 is 0 Å². The van der Waals surface area contributed by atoms with Crippen LogP contribution in [0.3, 0.4) is 0 Å². The zero-order chi connectivity index (χ0) is 22.1. The van der Waals surface area contributed by atoms with Gasteiger partial charge >= 0.3 is 0 Å². The Morgan fingerprint density at radius 2 is 1.81 bits per heavy atom. The normalized spacial score (nSPS) is 11.1. The molecule has 0 unspecified atom stereocenters. The molecule has 0 saturated carbocycles. The van der Waals surface area contributed by atoms with Gasteiger partial charge in [0.25, 0.3) is 0 Å². The molecule has 0 fully saturated rings. The molecule has 3 aromatic carbocycles. The minimum Gasteiger partial charge on any atom is -0.350 e. The Morgan fingerprint density at radius 3 is 2.66 bits per heavy atom. The average molecular weight is 443 g/mol. The van der Waals surface area contributed by atoms with Crippen LogP contribution in [0, 0.1) is 5.82 Å². The summed E-state index contributed by atoms with van der Waals surface area (Å²) in [6, 6.07) is 20.1. The quantitative estimate of drug-likeness (QED) is 0.378. The molecule has 1 amide bonds. The van der Waals surface area contributed by atoms with Crippen LogP contribution in [0.2, 0.25) is 0 Å². The number of carbonyl (C=O) groups excluding carboxylic acids is 1. The first-order valence-electron chi connectivity index (χ1n) is 10.1. The lowest BCUT2D eigenvalue weighted by molar-refractivity contribution is -0.114. The van der Waals surface area contributed by atoms with Crippen LogP contribution >= 0.6 is 11.3 Å². The van der Waals surface area contributed by atoms with Gasteiger partial charge in [-0.2, -0.15) is 0 Å². The van der Waals surface area contributed by atoms with Crippen molar-refractivity contribution in [1.29, 1.82) is 0 Å². The van der Waals surface area contributed by atoms with Crippen molar-refractivity contribution in [3.63, 3.8) is 0 Å². The zero-order valence-corrected chi connectivity index (χ0v) is 18.1. The number of carbonyl (C=O) groups is 1. The van der Waals surface area contributed by atoms with E-state index in [9.17, 15) is 9.18 Å². The highest BCUT2D eigenvalue weighted by Crippen LogP contribution is 2.37. The molecule has 0 saturated heterocycles. The molecule has 5 nitrogen and oxygen atoms in total. The van der Waals surface area contributed by atoms with E-state index in [4.69, 9.17) is 0 Å². The van der Waals surface area contributed by atoms with E-state index in [1.807, 2.05) is 59.8 Å². The van der Waals surface area contributed by atoms with Crippen LogP contribution in [-0.4, -0.2) is 29.5 Å². The fourth-order valence-corrected chi connectivity index (χ4v) is 4.72. The first-order valence-corrected chi connectivity index (χ1v) is 10.9. The highest BCUT2D eigenvalue weighted by molar-refractivity contribution is 7.17. The molecule has 158 valence electrons. The average Bonchev–Trinajstić information content (AvgIpc) is 3.24. The number of hydrogen-bond acceptors (Lipinski definition) is 5. The van der Waals surface area contributed by atoms with E-state index in [0.29, 0.717) is 5.82 Å². The van der Waals surface area contributed by atoms with Gasteiger partial charge < -0.3 is 10.2 Å². The van der Waals surface area contributed by atoms with Crippen molar-refractivity contribution in [3.05, 3.63) is 84.3 Å². The lowest BCUT2D eigenvalue weighted by Crippen LogP contribution is -2.30. The van der Waals surface area contributed by atoms with Crippen LogP contribution in [0.5, 0.6) is 0 Å². The van der Waals surface area contributed by atoms with Crippen LogP contribution < -0.4 is 10.2 Å². The summed E-state index contributed by atoms with van der Waals surface area (Å²) in [4.78, 5) is 24.3. The third-order valence-corrected chi connectivity index (χ3v) is 6.20. The van der Waals surface area contributed by atoms with Crippen LogP contribution in [0.1, 0.15) is 0 Å². The minimum absolute atomic E-state index is 0.119. The molecular formula is C25H19FN4OS. The molecule has 0 radical (unpaired) electrons. The maximum Gasteiger partial charge on any atom is 0.243 e. The molecule has 1 N–H and O–H groups in total. The molecule has 2 heterocycles. The Kier molecular flexibility index (Phi) is 5.25. The lowest BCUT2D eigenvalue weighted by atomic mass is 10.1. The summed E-state index contributed by atoms with van der Waals surface area (Å²) < 4.78 is 13.4. The van der Waals surface area contributed by atoms with Crippen LogP contribution in [-0.2, 0) is 4.79 Å². The number of amides is 1. The first kappa shape index (κ1) is 20.1. The van der Waals surface area contributed by atoms with Gasteiger partial charge in [0.2, 0.25) is 5.91 Å². The highest BCUT2D eigenvalue weighted by Gasteiger charge is 2.18. The van der Waals surface area contributed by atoms with Crippen molar-refractivity contribution in [2.45, 2.75) is 0 Å². The number of hydrogen-bond donors (Lipinski definition) is 1. The standard InChI is InChI=1S/C25H19FN4OS/c1-30(13-22(31)29-21-8-4-6-16-5-2-3-7-19(16)21)24-23-20(14-32-25(23)28-15-27-24)17-9-11-18(26)12-10-17/h2-12,14-15H,13H2,1H3,(H,29,31). The predicted molar refractivity (Wildman–Crippen MR) is 129 cm³/mol. The number of rotatable bonds is 5. The molecule has 0 bridgehead atoms. The maximum absolute atomic E-state index is 13.4. The fraction of sp³-hybridized carbons (Fsp3) is 0.0800. The van der Waals surface area contributed by atoms with Gasteiger partial charge in [0.15, 0.2) is 0 Å². The number of halogens is 1. The number of benzene rings is 3. The second kappa shape index (κ2) is 8.36. The Bertz CT molecular complexity index is 1430. The van der Waals surface area contributed by atoms with E-state index in [-0.39, 0.29) is 18.3 Å². The fourth-order valence-electron chi connectivity index (χ4n) is 3.81. The lowest BCUT2D eigenvalue weighted by Gasteiger charge is -2.19. The predicted octanol–water partition coefficient (Wildman–Crippen LogP) is 5.73. The van der Waals surface area contributed by atoms with Crippen LogP contribution in [0.4, 0.5) is 15.9 Å². The Labute approximate surface area is 188 Å². The second-order valence-electron chi connectivity index (χ2n) is 7.46. The van der Waals surface area contributed by atoms with Gasteiger partial charge in [0.1, 0.15) is 22.8 Å². The number of nitrogens with one attached hydrogen (secondary N) is 1. The molecule has 0 aliphatic heterocycles. The number of aromatic nitrogens is 2. The molecule has 32 heavy (non-hydrogen) atoms. The van der Waals surface area contributed by atoms with Crippen molar-refractivity contribution < 1.29 is 9.18 Å². The van der Waals surface area contributed by atoms with Crippen LogP contribution in [0.15, 0.2) is 78.4 Å². The minimum atomic E-state index is -0.285. The van der Waals surface area contributed by atoms with Gasteiger partial charge in [-0.3, -0.25) is 4.79 Å². The molecule has 0 atom stereocenters. The number of nitrogens with zero attached hydrogens (tertiary/aromatic N) is 3. The number of likely N-dealkylation sites (N-methyl/N-ethyl adjacent to an activating group) is 1. The molecule has 0 aliphatic carbocycles. The largest absolute Gasteiger partial charge is 0.350 e. The smallest absolute Gasteiger partial charge is 0.243 e. The Hall–Kier alpha value is -3.84. The molecule has 2 aromatic heterocycles. The monoisotopic (exact) mass is 442 g/mol. The van der Waals surface area contributed by atoms with Gasteiger partial charge in [-0.25, -0.2) is 14.4 Å². The van der Waals surface area contributed by atoms with Crippen molar-refractivity contribution in [1.82, 2.24) is 9.97 Å². The third kappa shape index (κ3) is 3.78. The number of anilines is 2. The second-order valence-corrected chi connectivity index (χ2v) is 8.32. The molecule has 0 aliphatic rings. The van der Waals surface area contributed by atoms with Gasteiger partial charge in [-0.15, -0.1) is 11.3 Å². The summed E-state index contributed by atoms with van der Waals surface area (Å²) in [7, 11) is 1.83. The van der Waals surface area contributed by atoms with Gasteiger partial charge in [0.05, 0.1) is 11.9 Å². The molecule has 7 heteroatoms. The number of fused-ring (bicyclic) bond motifs is 2. The Balaban J connectivity index is 1.43. The summed E-state index contributed by atoms with van der Waals surface area (Å²) in [6.45, 7) is 0.119. The molecule has 5 aromatic rings. The maximum atomic E-state index is 13.4. The highest BCUT2D eigenvalue weighted by atomic mass is 32.1. The van der Waals surface area contributed by atoms with E-state index in [1.54, 1.807) is 12.1 Å². The summed E-state index contributed by atoms with van der Waals surface area (Å²) in [6.07, 6.45) is 1.50. The van der Waals surface area contributed by atoms with Gasteiger partial charge in [0, 0.05) is 29.1 Å². The van der Waals surface area contributed by atoms with E-state index in [2.05, 4.69) is 15.3 Å². The zero-order valence-electron chi connectivity index (χ0n) is 17.2. The SMILES string of the molecule is CN(CC(=O)Nc1cccc2ccccc12)c1ncnc2scc(-c3ccc(F)cc3)c12.